The van der Waals surface area contributed by atoms with Gasteiger partial charge in [-0.2, -0.15) is 0 Å². The topological polar surface area (TPSA) is 76.0 Å². The summed E-state index contributed by atoms with van der Waals surface area (Å²) in [6.07, 6.45) is 2.80. The SMILES string of the molecule is CC1Cc2c(CCCC(=O)O)c3c(c(O)c2O1)CC(C)O3. The van der Waals surface area contributed by atoms with Crippen LogP contribution in [0, 0.1) is 0 Å². The number of hydrogen-bond donors (Lipinski definition) is 2. The third-order valence-electron chi connectivity index (χ3n) is 4.13. The minimum absolute atomic E-state index is 0.0315. The lowest BCUT2D eigenvalue weighted by Gasteiger charge is -2.14. The molecule has 114 valence electrons. The molecule has 2 N–H and O–H groups in total. The summed E-state index contributed by atoms with van der Waals surface area (Å²) in [5.74, 6) is 0.739. The molecule has 2 aliphatic heterocycles. The van der Waals surface area contributed by atoms with Crippen LogP contribution in [0.15, 0.2) is 0 Å². The van der Waals surface area contributed by atoms with Gasteiger partial charge in [0.15, 0.2) is 11.5 Å². The Labute approximate surface area is 123 Å². The monoisotopic (exact) mass is 292 g/mol. The number of carbonyl (C=O) groups is 1. The molecule has 5 heteroatoms. The van der Waals surface area contributed by atoms with Crippen molar-refractivity contribution in [3.05, 3.63) is 16.7 Å². The van der Waals surface area contributed by atoms with E-state index < -0.39 is 5.97 Å². The van der Waals surface area contributed by atoms with E-state index in [1.165, 1.54) is 0 Å². The number of benzene rings is 1. The molecule has 3 rings (SSSR count). The standard InChI is InChI=1S/C16H20O5/c1-8-6-11-10(4-3-5-13(17)18)15-12(7-9(2)20-15)14(19)16(11)21-8/h8-9,19H,3-7H2,1-2H3,(H,17,18). The van der Waals surface area contributed by atoms with E-state index in [-0.39, 0.29) is 24.4 Å². The molecule has 2 aliphatic rings. The van der Waals surface area contributed by atoms with Gasteiger partial charge in [0.25, 0.3) is 0 Å². The molecule has 0 bridgehead atoms. The molecule has 21 heavy (non-hydrogen) atoms. The Morgan fingerprint density at radius 3 is 2.43 bits per heavy atom. The van der Waals surface area contributed by atoms with Gasteiger partial charge >= 0.3 is 5.97 Å². The maximum absolute atomic E-state index is 10.7. The number of phenols is 1. The summed E-state index contributed by atoms with van der Waals surface area (Å²) in [7, 11) is 0. The first-order valence-electron chi connectivity index (χ1n) is 7.42. The molecule has 0 saturated carbocycles. The Bertz CT molecular complexity index is 554. The molecule has 0 saturated heterocycles. The van der Waals surface area contributed by atoms with Gasteiger partial charge in [0, 0.05) is 36.0 Å². The van der Waals surface area contributed by atoms with Crippen LogP contribution in [0.2, 0.25) is 0 Å². The molecule has 2 heterocycles. The second kappa shape index (κ2) is 5.13. The highest BCUT2D eigenvalue weighted by molar-refractivity contribution is 5.67. The summed E-state index contributed by atoms with van der Waals surface area (Å²) >= 11 is 0. The molecule has 5 nitrogen and oxygen atoms in total. The van der Waals surface area contributed by atoms with Crippen molar-refractivity contribution in [2.45, 2.75) is 58.2 Å². The Morgan fingerprint density at radius 2 is 1.76 bits per heavy atom. The van der Waals surface area contributed by atoms with Crippen LogP contribution in [-0.4, -0.2) is 28.4 Å². The number of fused-ring (bicyclic) bond motifs is 2. The van der Waals surface area contributed by atoms with E-state index >= 15 is 0 Å². The van der Waals surface area contributed by atoms with Crippen LogP contribution in [0.1, 0.15) is 43.4 Å². The van der Waals surface area contributed by atoms with E-state index in [1.54, 1.807) is 0 Å². The second-order valence-corrected chi connectivity index (χ2v) is 5.95. The average molecular weight is 292 g/mol. The Hall–Kier alpha value is -1.91. The lowest BCUT2D eigenvalue weighted by Crippen LogP contribution is -2.08. The molecule has 0 radical (unpaired) electrons. The lowest BCUT2D eigenvalue weighted by molar-refractivity contribution is -0.137. The predicted octanol–water partition coefficient (Wildman–Crippen LogP) is 2.45. The van der Waals surface area contributed by atoms with Crippen LogP contribution in [0.25, 0.3) is 0 Å². The minimum Gasteiger partial charge on any atom is -0.504 e. The zero-order valence-electron chi connectivity index (χ0n) is 12.3. The first-order chi connectivity index (χ1) is 9.97. The summed E-state index contributed by atoms with van der Waals surface area (Å²) < 4.78 is 11.6. The van der Waals surface area contributed by atoms with Crippen molar-refractivity contribution in [2.24, 2.45) is 0 Å². The summed E-state index contributed by atoms with van der Waals surface area (Å²) in [5, 5.41) is 19.2. The van der Waals surface area contributed by atoms with Gasteiger partial charge in [0.1, 0.15) is 18.0 Å². The number of ether oxygens (including phenoxy) is 2. The van der Waals surface area contributed by atoms with Crippen LogP contribution < -0.4 is 9.47 Å². The van der Waals surface area contributed by atoms with Crippen LogP contribution in [-0.2, 0) is 24.1 Å². The van der Waals surface area contributed by atoms with E-state index in [4.69, 9.17) is 14.6 Å². The predicted molar refractivity (Wildman–Crippen MR) is 76.3 cm³/mol. The van der Waals surface area contributed by atoms with E-state index in [9.17, 15) is 9.90 Å². The van der Waals surface area contributed by atoms with E-state index in [2.05, 4.69) is 0 Å². The van der Waals surface area contributed by atoms with Crippen LogP contribution >= 0.6 is 0 Å². The van der Waals surface area contributed by atoms with E-state index in [0.717, 1.165) is 28.9 Å². The maximum Gasteiger partial charge on any atom is 0.303 e. The molecular formula is C16H20O5. The van der Waals surface area contributed by atoms with Crippen molar-refractivity contribution in [3.63, 3.8) is 0 Å². The van der Waals surface area contributed by atoms with Gasteiger partial charge in [-0.1, -0.05) is 0 Å². The highest BCUT2D eigenvalue weighted by Gasteiger charge is 2.35. The molecule has 0 aromatic heterocycles. The summed E-state index contributed by atoms with van der Waals surface area (Å²) in [5.41, 5.74) is 2.81. The van der Waals surface area contributed by atoms with Gasteiger partial charge in [-0.3, -0.25) is 4.79 Å². The molecule has 0 aliphatic carbocycles. The van der Waals surface area contributed by atoms with Gasteiger partial charge in [0.2, 0.25) is 0 Å². The number of phenolic OH excluding ortho intramolecular Hbond substituents is 1. The number of carboxylic acids is 1. The Kier molecular flexibility index (Phi) is 3.43. The molecule has 1 aromatic carbocycles. The van der Waals surface area contributed by atoms with Gasteiger partial charge in [0.05, 0.1) is 0 Å². The number of aromatic hydroxyl groups is 1. The summed E-state index contributed by atoms with van der Waals surface area (Å²) in [6.45, 7) is 3.93. The number of aliphatic carboxylic acids is 1. The van der Waals surface area contributed by atoms with Crippen molar-refractivity contribution >= 4 is 5.97 Å². The van der Waals surface area contributed by atoms with Gasteiger partial charge in [-0.05, 0) is 26.7 Å². The van der Waals surface area contributed by atoms with Crippen LogP contribution in [0.4, 0.5) is 0 Å². The highest BCUT2D eigenvalue weighted by Crippen LogP contribution is 2.50. The Balaban J connectivity index is 2.00. The summed E-state index contributed by atoms with van der Waals surface area (Å²) in [6, 6.07) is 0. The molecule has 2 unspecified atom stereocenters. The molecule has 2 atom stereocenters. The fraction of sp³-hybridized carbons (Fsp3) is 0.562. The first-order valence-corrected chi connectivity index (χ1v) is 7.42. The highest BCUT2D eigenvalue weighted by atomic mass is 16.5. The third kappa shape index (κ3) is 2.41. The van der Waals surface area contributed by atoms with E-state index in [0.29, 0.717) is 25.0 Å². The summed E-state index contributed by atoms with van der Waals surface area (Å²) in [4.78, 5) is 10.7. The lowest BCUT2D eigenvalue weighted by atomic mass is 9.93. The van der Waals surface area contributed by atoms with Gasteiger partial charge < -0.3 is 19.7 Å². The number of hydrogen-bond acceptors (Lipinski definition) is 4. The third-order valence-corrected chi connectivity index (χ3v) is 4.13. The smallest absolute Gasteiger partial charge is 0.303 e. The van der Waals surface area contributed by atoms with Gasteiger partial charge in [-0.15, -0.1) is 0 Å². The molecule has 0 fully saturated rings. The quantitative estimate of drug-likeness (QED) is 0.891. The molecular weight excluding hydrogens is 272 g/mol. The maximum atomic E-state index is 10.7. The second-order valence-electron chi connectivity index (χ2n) is 5.95. The zero-order valence-corrected chi connectivity index (χ0v) is 12.3. The van der Waals surface area contributed by atoms with Crippen molar-refractivity contribution in [1.82, 2.24) is 0 Å². The first kappa shape index (κ1) is 14.0. The van der Waals surface area contributed by atoms with Gasteiger partial charge in [-0.25, -0.2) is 0 Å². The number of carboxylic acid groups (broad SMARTS) is 1. The average Bonchev–Trinajstić information content (AvgIpc) is 2.96. The van der Waals surface area contributed by atoms with Crippen molar-refractivity contribution in [2.75, 3.05) is 0 Å². The molecule has 0 amide bonds. The molecule has 1 aromatic rings. The van der Waals surface area contributed by atoms with Crippen LogP contribution in [0.3, 0.4) is 0 Å². The Morgan fingerprint density at radius 1 is 1.14 bits per heavy atom. The molecule has 0 spiro atoms. The van der Waals surface area contributed by atoms with Crippen molar-refractivity contribution in [3.8, 4) is 17.2 Å². The van der Waals surface area contributed by atoms with Crippen LogP contribution in [0.5, 0.6) is 17.2 Å². The fourth-order valence-corrected chi connectivity index (χ4v) is 3.26. The normalized spacial score (nSPS) is 22.4. The van der Waals surface area contributed by atoms with E-state index in [1.807, 2.05) is 13.8 Å². The van der Waals surface area contributed by atoms with Crippen molar-refractivity contribution in [1.29, 1.82) is 0 Å². The fourth-order valence-electron chi connectivity index (χ4n) is 3.26. The largest absolute Gasteiger partial charge is 0.504 e. The number of rotatable bonds is 4. The minimum atomic E-state index is -0.791. The zero-order chi connectivity index (χ0) is 15.1. The van der Waals surface area contributed by atoms with Crippen molar-refractivity contribution < 1.29 is 24.5 Å².